The predicted molar refractivity (Wildman–Crippen MR) is 164 cm³/mol. The number of thioether (sulfide) groups is 1. The summed E-state index contributed by atoms with van der Waals surface area (Å²) in [6.45, 7) is 0. The van der Waals surface area contributed by atoms with Gasteiger partial charge in [0.1, 0.15) is 28.9 Å². The van der Waals surface area contributed by atoms with Crippen molar-refractivity contribution in [2.24, 2.45) is 5.92 Å². The van der Waals surface area contributed by atoms with E-state index >= 15 is 0 Å². The molecule has 1 saturated carbocycles. The Labute approximate surface area is 244 Å². The molecule has 3 aromatic heterocycles. The van der Waals surface area contributed by atoms with Crippen molar-refractivity contribution >= 4 is 74.4 Å². The van der Waals surface area contributed by atoms with E-state index in [1.54, 1.807) is 17.8 Å². The molecule has 0 bridgehead atoms. The lowest BCUT2D eigenvalue weighted by Gasteiger charge is -2.21. The minimum Gasteiger partial charge on any atom is -0.353 e. The molecule has 1 aliphatic carbocycles. The monoisotopic (exact) mass is 677 g/mol. The van der Waals surface area contributed by atoms with Crippen LogP contribution in [0.25, 0.3) is 11.2 Å². The molecule has 12 heteroatoms. The Hall–Kier alpha value is -2.55. The van der Waals surface area contributed by atoms with Crippen LogP contribution in [0.1, 0.15) is 55.6 Å². The standard InChI is InChI=1S/C27H27F2IN7PS/c1-39-21-10-6-5-9-18(21)32-19-14-23(35-26-24(19)36-27(25(28)29)37(26)38-30)34-22-12-11-17(20(15-31)33-22)13-16-7-3-2-4-8-16/h5-6,9-12,14,16,25,38H,2-4,7-8,13H2,1H3,(H2,32,33,34,35). The largest absolute Gasteiger partial charge is 0.353 e. The second-order valence-corrected chi connectivity index (χ2v) is 12.3. The SMILES string of the molecule is CSc1ccccc1Nc1cc(Nc2ccc(CC3CCCCC3)c(C#N)n2)nc2c1nc(C(F)F)n2PI. The molecule has 7 nitrogen and oxygen atoms in total. The normalized spacial score (nSPS) is 14.4. The van der Waals surface area contributed by atoms with Gasteiger partial charge < -0.3 is 10.6 Å². The smallest absolute Gasteiger partial charge is 0.295 e. The number of nitriles is 1. The zero-order chi connectivity index (χ0) is 27.4. The maximum absolute atomic E-state index is 13.9. The molecule has 1 fully saturated rings. The van der Waals surface area contributed by atoms with Crippen LogP contribution in [-0.4, -0.2) is 25.5 Å². The summed E-state index contributed by atoms with van der Waals surface area (Å²) in [5, 5.41) is 16.4. The summed E-state index contributed by atoms with van der Waals surface area (Å²) in [4.78, 5) is 14.5. The second kappa shape index (κ2) is 12.7. The highest BCUT2D eigenvalue weighted by Gasteiger charge is 2.23. The van der Waals surface area contributed by atoms with Crippen LogP contribution in [0.3, 0.4) is 0 Å². The minimum atomic E-state index is -2.74. The third-order valence-corrected chi connectivity index (χ3v) is 9.72. The van der Waals surface area contributed by atoms with Crippen molar-refractivity contribution in [1.82, 2.24) is 19.3 Å². The van der Waals surface area contributed by atoms with E-state index in [1.807, 2.05) is 42.7 Å². The number of para-hydroxylation sites is 1. The average molecular weight is 678 g/mol. The Kier molecular flexibility index (Phi) is 9.15. The van der Waals surface area contributed by atoms with Gasteiger partial charge in [-0.25, -0.2) is 23.7 Å². The first-order valence-corrected chi connectivity index (χ1v) is 17.9. The molecule has 202 valence electrons. The molecule has 0 amide bonds. The molecule has 1 aliphatic rings. The summed E-state index contributed by atoms with van der Waals surface area (Å²) < 4.78 is 29.2. The quantitative estimate of drug-likeness (QED) is 0.104. The molecule has 3 heterocycles. The van der Waals surface area contributed by atoms with Crippen molar-refractivity contribution in [2.45, 2.75) is 49.8 Å². The highest BCUT2D eigenvalue weighted by atomic mass is 127. The molecule has 4 aromatic rings. The number of halogens is 3. The lowest BCUT2D eigenvalue weighted by Crippen LogP contribution is -2.11. The lowest BCUT2D eigenvalue weighted by atomic mass is 9.84. The van der Waals surface area contributed by atoms with E-state index in [-0.39, 0.29) is 12.2 Å². The number of hydrogen-bond acceptors (Lipinski definition) is 7. The Morgan fingerprint density at radius 3 is 2.59 bits per heavy atom. The maximum Gasteiger partial charge on any atom is 0.295 e. The van der Waals surface area contributed by atoms with Gasteiger partial charge in [0.15, 0.2) is 11.5 Å². The van der Waals surface area contributed by atoms with E-state index in [0.29, 0.717) is 40.1 Å². The Bertz CT molecular complexity index is 1520. The molecule has 1 atom stereocenters. The van der Waals surface area contributed by atoms with Gasteiger partial charge in [-0.15, -0.1) is 11.8 Å². The lowest BCUT2D eigenvalue weighted by molar-refractivity contribution is 0.140. The van der Waals surface area contributed by atoms with Gasteiger partial charge in [0.25, 0.3) is 6.43 Å². The fourth-order valence-corrected chi connectivity index (χ4v) is 7.45. The van der Waals surface area contributed by atoms with E-state index in [4.69, 9.17) is 0 Å². The van der Waals surface area contributed by atoms with Crippen LogP contribution in [-0.2, 0) is 6.42 Å². The summed E-state index contributed by atoms with van der Waals surface area (Å²) in [5.74, 6) is 1.16. The van der Waals surface area contributed by atoms with Crippen LogP contribution in [0.15, 0.2) is 47.4 Å². The number of fused-ring (bicyclic) bond motifs is 1. The van der Waals surface area contributed by atoms with Gasteiger partial charge in [-0.3, -0.25) is 4.34 Å². The summed E-state index contributed by atoms with van der Waals surface area (Å²) >= 11 is 3.64. The number of alkyl halides is 2. The number of nitrogens with one attached hydrogen (secondary N) is 2. The van der Waals surface area contributed by atoms with Crippen LogP contribution in [0.4, 0.5) is 31.8 Å². The first kappa shape index (κ1) is 28.0. The molecule has 5 rings (SSSR count). The molecule has 0 spiro atoms. The van der Waals surface area contributed by atoms with Crippen molar-refractivity contribution < 1.29 is 8.78 Å². The van der Waals surface area contributed by atoms with Gasteiger partial charge in [-0.1, -0.05) is 50.3 Å². The predicted octanol–water partition coefficient (Wildman–Crippen LogP) is 8.76. The number of anilines is 4. The zero-order valence-electron chi connectivity index (χ0n) is 21.2. The molecular weight excluding hydrogens is 650 g/mol. The van der Waals surface area contributed by atoms with Crippen LogP contribution < -0.4 is 10.6 Å². The molecule has 0 radical (unpaired) electrons. The minimum absolute atomic E-state index is 0.0127. The van der Waals surface area contributed by atoms with Crippen LogP contribution in [0.2, 0.25) is 0 Å². The number of rotatable bonds is 9. The van der Waals surface area contributed by atoms with Crippen molar-refractivity contribution in [3.63, 3.8) is 0 Å². The van der Waals surface area contributed by atoms with Gasteiger partial charge in [0.2, 0.25) is 0 Å². The Morgan fingerprint density at radius 2 is 1.87 bits per heavy atom. The number of nitrogens with zero attached hydrogens (tertiary/aromatic N) is 5. The second-order valence-electron chi connectivity index (χ2n) is 9.39. The van der Waals surface area contributed by atoms with Crippen LogP contribution in [0.5, 0.6) is 0 Å². The zero-order valence-corrected chi connectivity index (χ0v) is 25.2. The molecule has 1 unspecified atom stereocenters. The first-order valence-electron chi connectivity index (χ1n) is 12.7. The van der Waals surface area contributed by atoms with E-state index < -0.39 is 6.43 Å². The van der Waals surface area contributed by atoms with Gasteiger partial charge in [0.05, 0.1) is 17.7 Å². The number of imidazole rings is 1. The number of hydrogen-bond donors (Lipinski definition) is 2. The van der Waals surface area contributed by atoms with Gasteiger partial charge in [-0.2, -0.15) is 5.26 Å². The van der Waals surface area contributed by atoms with Crippen LogP contribution in [0, 0.1) is 17.2 Å². The first-order chi connectivity index (χ1) is 19.0. The van der Waals surface area contributed by atoms with E-state index in [2.05, 4.69) is 53.7 Å². The van der Waals surface area contributed by atoms with Gasteiger partial charge in [-0.05, 0) is 64.4 Å². The molecular formula is C27H27F2IN7PS. The number of benzene rings is 1. The topological polar surface area (TPSA) is 91.4 Å². The molecule has 0 saturated heterocycles. The Balaban J connectivity index is 1.52. The number of aromatic nitrogens is 4. The highest BCUT2D eigenvalue weighted by Crippen LogP contribution is 2.39. The van der Waals surface area contributed by atoms with Crippen molar-refractivity contribution in [3.8, 4) is 6.07 Å². The summed E-state index contributed by atoms with van der Waals surface area (Å²) in [6, 6.07) is 15.6. The molecule has 39 heavy (non-hydrogen) atoms. The number of pyridine rings is 2. The van der Waals surface area contributed by atoms with Crippen molar-refractivity contribution in [1.29, 1.82) is 5.26 Å². The summed E-state index contributed by atoms with van der Waals surface area (Å²) in [5.41, 5.74) is 3.46. The maximum atomic E-state index is 13.9. The highest BCUT2D eigenvalue weighted by molar-refractivity contribution is 14.2. The van der Waals surface area contributed by atoms with Crippen LogP contribution >= 0.6 is 40.2 Å². The fraction of sp³-hybridized carbons (Fsp3) is 0.333. The molecule has 0 aliphatic heterocycles. The third-order valence-electron chi connectivity index (χ3n) is 6.87. The van der Waals surface area contributed by atoms with E-state index in [0.717, 1.165) is 22.6 Å². The van der Waals surface area contributed by atoms with Gasteiger partial charge in [0, 0.05) is 11.0 Å². The molecule has 2 N–H and O–H groups in total. The fourth-order valence-electron chi connectivity index (χ4n) is 5.00. The van der Waals surface area contributed by atoms with E-state index in [9.17, 15) is 14.0 Å². The van der Waals surface area contributed by atoms with Crippen molar-refractivity contribution in [3.05, 3.63) is 59.5 Å². The van der Waals surface area contributed by atoms with E-state index in [1.165, 1.54) is 36.4 Å². The third kappa shape index (κ3) is 6.28. The molecule has 1 aromatic carbocycles. The summed E-state index contributed by atoms with van der Waals surface area (Å²) in [6.07, 6.45) is 6.24. The average Bonchev–Trinajstić information content (AvgIpc) is 3.34. The van der Waals surface area contributed by atoms with Crippen molar-refractivity contribution in [2.75, 3.05) is 16.9 Å². The van der Waals surface area contributed by atoms with Gasteiger partial charge >= 0.3 is 0 Å². The summed E-state index contributed by atoms with van der Waals surface area (Å²) in [7, 11) is 0. The Morgan fingerprint density at radius 1 is 1.08 bits per heavy atom.